The molecule has 0 atom stereocenters. The van der Waals surface area contributed by atoms with Gasteiger partial charge in [-0.3, -0.25) is 9.80 Å². The quantitative estimate of drug-likeness (QED) is 0.252. The van der Waals surface area contributed by atoms with Gasteiger partial charge in [0.2, 0.25) is 0 Å². The molecule has 0 radical (unpaired) electrons. The van der Waals surface area contributed by atoms with E-state index in [2.05, 4.69) is 5.32 Å². The second-order valence-corrected chi connectivity index (χ2v) is 8.41. The smallest absolute Gasteiger partial charge is 0.409 e. The van der Waals surface area contributed by atoms with Crippen molar-refractivity contribution in [2.24, 2.45) is 0 Å². The van der Waals surface area contributed by atoms with Gasteiger partial charge in [0.1, 0.15) is 5.82 Å². The monoisotopic (exact) mass is 548 g/mol. The van der Waals surface area contributed by atoms with Crippen LogP contribution in [0.15, 0.2) is 42.6 Å². The summed E-state index contributed by atoms with van der Waals surface area (Å²) >= 11 is 0. The Kier molecular flexibility index (Phi) is 8.67. The molecule has 1 amide bonds. The van der Waals surface area contributed by atoms with E-state index < -0.39 is 58.4 Å². The minimum Gasteiger partial charge on any atom is -0.409 e. The number of hydrogen-bond acceptors (Lipinski definition) is 6. The van der Waals surface area contributed by atoms with Gasteiger partial charge in [-0.15, -0.1) is 0 Å². The Labute approximate surface area is 212 Å². The summed E-state index contributed by atoms with van der Waals surface area (Å²) in [4.78, 5) is 15.3. The number of carbonyl (C=O) groups is 1. The van der Waals surface area contributed by atoms with E-state index in [4.69, 9.17) is 10.1 Å². The first-order valence-corrected chi connectivity index (χ1v) is 11.1. The third-order valence-corrected chi connectivity index (χ3v) is 5.63. The van der Waals surface area contributed by atoms with Crippen molar-refractivity contribution in [1.82, 2.24) is 10.2 Å². The lowest BCUT2D eigenvalue weighted by molar-refractivity contribution is -0.143. The Morgan fingerprint density at radius 1 is 1.16 bits per heavy atom. The predicted molar refractivity (Wildman–Crippen MR) is 124 cm³/mol. The number of aliphatic hydroxyl groups is 1. The van der Waals surface area contributed by atoms with Gasteiger partial charge in [-0.2, -0.15) is 26.3 Å². The van der Waals surface area contributed by atoms with Crippen molar-refractivity contribution in [3.63, 3.8) is 0 Å². The molecule has 1 aliphatic heterocycles. The van der Waals surface area contributed by atoms with Gasteiger partial charge in [-0.1, -0.05) is 0 Å². The molecule has 0 aliphatic carbocycles. The van der Waals surface area contributed by atoms with Crippen molar-refractivity contribution in [3.05, 3.63) is 65.1 Å². The van der Waals surface area contributed by atoms with Gasteiger partial charge in [0.25, 0.3) is 0 Å². The maximum Gasteiger partial charge on any atom is 0.420 e. The molecule has 0 aromatic heterocycles. The van der Waals surface area contributed by atoms with Crippen molar-refractivity contribution >= 4 is 23.6 Å². The second kappa shape index (κ2) is 11.4. The molecule has 1 aliphatic rings. The maximum atomic E-state index is 13.9. The highest BCUT2D eigenvalue weighted by atomic mass is 19.4. The minimum atomic E-state index is -5.36. The molecule has 2 aromatic rings. The first-order valence-electron chi connectivity index (χ1n) is 11.1. The molecule has 3 N–H and O–H groups in total. The number of benzene rings is 2. The van der Waals surface area contributed by atoms with Gasteiger partial charge in [0.05, 0.1) is 17.2 Å². The lowest BCUT2D eigenvalue weighted by Crippen LogP contribution is -2.52. The zero-order valence-corrected chi connectivity index (χ0v) is 19.8. The number of rotatable bonds is 8. The highest BCUT2D eigenvalue weighted by molar-refractivity contribution is 6.10. The van der Waals surface area contributed by atoms with Crippen molar-refractivity contribution < 1.29 is 45.4 Å². The number of aliphatic hydroxyl groups excluding tert-OH is 1. The Balaban J connectivity index is 2.02. The van der Waals surface area contributed by atoms with E-state index in [9.17, 15) is 40.6 Å². The van der Waals surface area contributed by atoms with Crippen LogP contribution in [-0.2, 0) is 12.4 Å². The maximum absolute atomic E-state index is 13.9. The Bertz CT molecular complexity index is 1190. The molecule has 0 bridgehead atoms. The van der Waals surface area contributed by atoms with Crippen molar-refractivity contribution in [3.8, 4) is 5.75 Å². The van der Waals surface area contributed by atoms with Gasteiger partial charge in [-0.25, -0.2) is 9.18 Å². The first kappa shape index (κ1) is 28.9. The standard InChI is InChI=1S/C24H23F7N4O3/c1-34(17-4-2-16(25)3-5-17)22(37)38-21-19(8-15(23(26,27)28)9-20(21)24(29,30)31)14(10-32)11-33-6-7-35-12-18(36)13-35/h2-5,8-11,18,32-33,36H,6-7,12-13H2,1H3/b14-11+,32-10?. The third-order valence-electron chi connectivity index (χ3n) is 5.63. The number of likely N-dealkylation sites (tertiary alicyclic amines) is 1. The van der Waals surface area contributed by atoms with Crippen LogP contribution in [0.2, 0.25) is 0 Å². The molecule has 3 rings (SSSR count). The van der Waals surface area contributed by atoms with Crippen LogP contribution in [0.5, 0.6) is 5.75 Å². The summed E-state index contributed by atoms with van der Waals surface area (Å²) in [6.45, 7) is 1.47. The van der Waals surface area contributed by atoms with Gasteiger partial charge in [0, 0.05) is 62.5 Å². The number of anilines is 1. The number of hydrogen-bond donors (Lipinski definition) is 3. The molecule has 0 spiro atoms. The molecule has 1 saturated heterocycles. The average Bonchev–Trinajstić information content (AvgIpc) is 2.81. The molecule has 0 saturated carbocycles. The van der Waals surface area contributed by atoms with Crippen LogP contribution in [0.3, 0.4) is 0 Å². The van der Waals surface area contributed by atoms with Gasteiger partial charge >= 0.3 is 18.4 Å². The number of halogens is 7. The SMILES string of the molecule is CN(C(=O)Oc1c(/C(C=N)=C/NCCN2CC(O)C2)cc(C(F)(F)F)cc1C(F)(F)F)c1ccc(F)cc1. The molecule has 1 fully saturated rings. The number of amides is 1. The Morgan fingerprint density at radius 2 is 1.79 bits per heavy atom. The lowest BCUT2D eigenvalue weighted by Gasteiger charge is -2.35. The van der Waals surface area contributed by atoms with Gasteiger partial charge in [-0.05, 0) is 36.4 Å². The molecule has 206 valence electrons. The second-order valence-electron chi connectivity index (χ2n) is 8.41. The van der Waals surface area contributed by atoms with Crippen LogP contribution >= 0.6 is 0 Å². The molecule has 7 nitrogen and oxygen atoms in total. The predicted octanol–water partition coefficient (Wildman–Crippen LogP) is 4.76. The fraction of sp³-hybridized carbons (Fsp3) is 0.333. The molecular formula is C24H23F7N4O3. The fourth-order valence-corrected chi connectivity index (χ4v) is 3.58. The van der Waals surface area contributed by atoms with Crippen molar-refractivity contribution in [2.75, 3.05) is 38.1 Å². The number of nitrogens with zero attached hydrogens (tertiary/aromatic N) is 2. The number of nitrogens with one attached hydrogen (secondary N) is 2. The van der Waals surface area contributed by atoms with Crippen LogP contribution in [0.4, 0.5) is 41.2 Å². The minimum absolute atomic E-state index is 0.0408. The normalized spacial score (nSPS) is 15.1. The largest absolute Gasteiger partial charge is 0.420 e. The Hall–Kier alpha value is -3.65. The number of carbonyl (C=O) groups excluding carboxylic acids is 1. The number of ether oxygens (including phenoxy) is 1. The molecular weight excluding hydrogens is 525 g/mol. The highest BCUT2D eigenvalue weighted by Crippen LogP contribution is 2.44. The fourth-order valence-electron chi connectivity index (χ4n) is 3.58. The zero-order chi connectivity index (χ0) is 28.3. The molecule has 14 heteroatoms. The highest BCUT2D eigenvalue weighted by Gasteiger charge is 2.41. The number of allylic oxidation sites excluding steroid dienone is 1. The van der Waals surface area contributed by atoms with Gasteiger partial charge < -0.3 is 20.6 Å². The van der Waals surface area contributed by atoms with Crippen LogP contribution in [-0.4, -0.2) is 61.6 Å². The summed E-state index contributed by atoms with van der Waals surface area (Å²) in [6, 6.07) is 4.48. The third kappa shape index (κ3) is 7.01. The van der Waals surface area contributed by atoms with E-state index in [0.29, 0.717) is 31.9 Å². The topological polar surface area (TPSA) is 88.9 Å². The van der Waals surface area contributed by atoms with Crippen LogP contribution in [0, 0.1) is 11.2 Å². The van der Waals surface area contributed by atoms with E-state index in [-0.39, 0.29) is 18.3 Å². The van der Waals surface area contributed by atoms with Crippen molar-refractivity contribution in [1.29, 1.82) is 5.41 Å². The summed E-state index contributed by atoms with van der Waals surface area (Å²) in [5.74, 6) is -1.87. The first-order chi connectivity index (χ1) is 17.7. The van der Waals surface area contributed by atoms with E-state index in [0.717, 1.165) is 42.4 Å². The van der Waals surface area contributed by atoms with E-state index in [1.54, 1.807) is 0 Å². The zero-order valence-electron chi connectivity index (χ0n) is 19.8. The molecule has 0 unspecified atom stereocenters. The van der Waals surface area contributed by atoms with E-state index in [1.165, 1.54) is 0 Å². The lowest BCUT2D eigenvalue weighted by atomic mass is 9.98. The summed E-state index contributed by atoms with van der Waals surface area (Å²) in [6.07, 6.45) is -10.8. The summed E-state index contributed by atoms with van der Waals surface area (Å²) in [5.41, 5.74) is -4.70. The van der Waals surface area contributed by atoms with Gasteiger partial charge in [0.15, 0.2) is 5.75 Å². The summed E-state index contributed by atoms with van der Waals surface area (Å²) in [5, 5.41) is 19.7. The molecule has 2 aromatic carbocycles. The average molecular weight is 548 g/mol. The number of β-amino-alcohol motifs (C(OH)–C–C–N with tert-alkyl or cyclic N) is 1. The Morgan fingerprint density at radius 3 is 2.32 bits per heavy atom. The van der Waals surface area contributed by atoms with Crippen LogP contribution < -0.4 is 15.0 Å². The van der Waals surface area contributed by atoms with E-state index in [1.807, 2.05) is 4.90 Å². The van der Waals surface area contributed by atoms with Crippen LogP contribution in [0.1, 0.15) is 16.7 Å². The van der Waals surface area contributed by atoms with Crippen LogP contribution in [0.25, 0.3) is 5.57 Å². The summed E-state index contributed by atoms with van der Waals surface area (Å²) < 4.78 is 101. The molecule has 1 heterocycles. The summed E-state index contributed by atoms with van der Waals surface area (Å²) in [7, 11) is 1.12. The van der Waals surface area contributed by atoms with E-state index >= 15 is 0 Å². The molecule has 38 heavy (non-hydrogen) atoms. The number of alkyl halides is 6. The van der Waals surface area contributed by atoms with Crippen molar-refractivity contribution in [2.45, 2.75) is 18.5 Å².